The van der Waals surface area contributed by atoms with Gasteiger partial charge in [0.05, 0.1) is 0 Å². The Morgan fingerprint density at radius 3 is 1.08 bits per heavy atom. The van der Waals surface area contributed by atoms with Gasteiger partial charge >= 0.3 is 105 Å². The van der Waals surface area contributed by atoms with Gasteiger partial charge < -0.3 is 0 Å². The van der Waals surface area contributed by atoms with Crippen LogP contribution in [0.1, 0.15) is 0 Å². The van der Waals surface area contributed by atoms with E-state index in [0.717, 1.165) is 0 Å². The molecular weight excluding hydrogens is 531 g/mol. The molecule has 0 saturated heterocycles. The Morgan fingerprint density at radius 1 is 0.692 bits per heavy atom. The Balaban J connectivity index is 4.25. The molecule has 0 spiro atoms. The fourth-order valence-electron chi connectivity index (χ4n) is 1.19. The molecule has 0 heterocycles. The van der Waals surface area contributed by atoms with Crippen molar-refractivity contribution in [1.29, 1.82) is 0 Å². The molecule has 0 atom stereocenters. The van der Waals surface area contributed by atoms with Gasteiger partial charge in [-0.3, -0.25) is 0 Å². The van der Waals surface area contributed by atoms with Crippen LogP contribution in [0.25, 0.3) is 0 Å². The summed E-state index contributed by atoms with van der Waals surface area (Å²) in [6, 6.07) is 0. The predicted octanol–water partition coefficient (Wildman–Crippen LogP) is 3.60. The molecule has 0 N–H and O–H groups in total. The van der Waals surface area contributed by atoms with Crippen LogP contribution in [0.4, 0.5) is 0 Å². The molecule has 0 unspecified atom stereocenters. The number of rotatable bonds is 4. The summed E-state index contributed by atoms with van der Waals surface area (Å²) in [7, 11) is 12.4. The summed E-state index contributed by atoms with van der Waals surface area (Å²) in [5, 5.41) is 0. The maximum absolute atomic E-state index is 6.19. The molecule has 80 valence electrons. The van der Waals surface area contributed by atoms with E-state index < -0.39 is 54.5 Å². The van der Waals surface area contributed by atoms with E-state index in [1.807, 2.05) is 19.8 Å². The topological polar surface area (TPSA) is 18.5 Å². The van der Waals surface area contributed by atoms with E-state index in [-0.39, 0.29) is 0 Å². The third-order valence-electron chi connectivity index (χ3n) is 0.977. The van der Waals surface area contributed by atoms with Crippen molar-refractivity contribution in [2.75, 3.05) is 0 Å². The van der Waals surface area contributed by atoms with Crippen molar-refractivity contribution in [1.82, 2.24) is 0 Å². The summed E-state index contributed by atoms with van der Waals surface area (Å²) < 4.78 is 11.9. The normalized spacial score (nSPS) is 14.8. The molecule has 0 fully saturated rings. The van der Waals surface area contributed by atoms with Gasteiger partial charge in [0.2, 0.25) is 0 Å². The van der Waals surface area contributed by atoms with Crippen molar-refractivity contribution in [3.05, 3.63) is 0 Å². The Labute approximate surface area is 103 Å². The molecule has 0 aromatic rings. The average Bonchev–Trinajstić information content (AvgIpc) is 1.43. The van der Waals surface area contributed by atoms with Crippen LogP contribution in [0.3, 0.4) is 0 Å². The molecule has 0 bridgehead atoms. The van der Waals surface area contributed by atoms with E-state index in [4.69, 9.17) is 20.7 Å². The zero-order chi connectivity index (χ0) is 10.9. The average molecular weight is 549 g/mol. The number of halogens is 2. The first-order chi connectivity index (χ1) is 5.41. The molecule has 13 heavy (non-hydrogen) atoms. The van der Waals surface area contributed by atoms with Gasteiger partial charge in [0, 0.05) is 0 Å². The SMILES string of the molecule is [CH3][Sn]([CH3])([Cl])[O][Sn]([CH3])([CH3])[O][Sn]([CH3])([CH3])[Cl]. The van der Waals surface area contributed by atoms with Crippen molar-refractivity contribution in [2.24, 2.45) is 0 Å². The molecule has 7 heteroatoms. The summed E-state index contributed by atoms with van der Waals surface area (Å²) in [5.41, 5.74) is 0. The second-order valence-electron chi connectivity index (χ2n) is 4.33. The first-order valence-corrected chi connectivity index (χ1v) is 33.2. The zero-order valence-electron chi connectivity index (χ0n) is 9.07. The van der Waals surface area contributed by atoms with Crippen LogP contribution in [0.5, 0.6) is 0 Å². The molecule has 0 radical (unpaired) electrons. The molecular formula is C6H18Cl2O2Sn3. The fraction of sp³-hybridized carbons (Fsp3) is 1.00. The van der Waals surface area contributed by atoms with Gasteiger partial charge in [0.1, 0.15) is 0 Å². The Morgan fingerprint density at radius 2 is 0.923 bits per heavy atom. The van der Waals surface area contributed by atoms with Gasteiger partial charge in [-0.15, -0.1) is 0 Å². The van der Waals surface area contributed by atoms with E-state index in [1.54, 1.807) is 0 Å². The summed E-state index contributed by atoms with van der Waals surface area (Å²) in [6.07, 6.45) is 0. The van der Waals surface area contributed by atoms with Crippen LogP contribution in [-0.2, 0) is 2.82 Å². The Bertz CT molecular complexity index is 156. The van der Waals surface area contributed by atoms with Gasteiger partial charge in [0.15, 0.2) is 0 Å². The molecule has 0 amide bonds. The van der Waals surface area contributed by atoms with Crippen LogP contribution in [0, 0.1) is 0 Å². The molecule has 0 aromatic heterocycles. The fourth-order valence-corrected chi connectivity index (χ4v) is 75.6. The van der Waals surface area contributed by atoms with E-state index in [1.165, 1.54) is 0 Å². The minimum atomic E-state index is -2.79. The number of hydrogen-bond donors (Lipinski definition) is 0. The van der Waals surface area contributed by atoms with Gasteiger partial charge in [-0.1, -0.05) is 0 Å². The van der Waals surface area contributed by atoms with Crippen molar-refractivity contribution in [2.45, 2.75) is 29.6 Å². The standard InChI is InChI=1S/6CH3.2ClH.2O.3Sn/h6*1H3;2*1H;;;;;/q;;;;;;;;;;;2*+1/p-2. The second-order valence-corrected chi connectivity index (χ2v) is 49.1. The van der Waals surface area contributed by atoms with Gasteiger partial charge in [0.25, 0.3) is 0 Å². The van der Waals surface area contributed by atoms with Crippen LogP contribution < -0.4 is 0 Å². The van der Waals surface area contributed by atoms with Gasteiger partial charge in [-0.25, -0.2) is 0 Å². The molecule has 2 nitrogen and oxygen atoms in total. The third kappa shape index (κ3) is 11.2. The third-order valence-corrected chi connectivity index (χ3v) is 50.9. The first kappa shape index (κ1) is 15.9. The number of hydrogen-bond acceptors (Lipinski definition) is 2. The van der Waals surface area contributed by atoms with E-state index in [2.05, 4.69) is 9.88 Å². The molecule has 0 saturated carbocycles. The molecule has 0 aliphatic carbocycles. The van der Waals surface area contributed by atoms with Crippen molar-refractivity contribution in [3.8, 4) is 0 Å². The van der Waals surface area contributed by atoms with Crippen molar-refractivity contribution >= 4 is 72.4 Å². The van der Waals surface area contributed by atoms with Gasteiger partial charge in [-0.2, -0.15) is 0 Å². The summed E-state index contributed by atoms with van der Waals surface area (Å²) in [6.45, 7) is 0. The molecule has 0 aliphatic heterocycles. The first-order valence-electron chi connectivity index (χ1n) is 4.19. The van der Waals surface area contributed by atoms with E-state index in [0.29, 0.717) is 0 Å². The second kappa shape index (κ2) is 5.49. The summed E-state index contributed by atoms with van der Waals surface area (Å²) in [5.74, 6) is 0. The maximum atomic E-state index is 6.19. The molecule has 0 aliphatic rings. The van der Waals surface area contributed by atoms with Crippen LogP contribution in [0.15, 0.2) is 0 Å². The van der Waals surface area contributed by atoms with E-state index in [9.17, 15) is 0 Å². The van der Waals surface area contributed by atoms with Crippen LogP contribution in [-0.4, -0.2) is 54.5 Å². The summed E-state index contributed by atoms with van der Waals surface area (Å²) in [4.78, 5) is 12.3. The monoisotopic (exact) mass is 552 g/mol. The van der Waals surface area contributed by atoms with E-state index >= 15 is 0 Å². The van der Waals surface area contributed by atoms with Crippen LogP contribution >= 0.6 is 17.8 Å². The minimum absolute atomic E-state index is 2.04. The Kier molecular flexibility index (Phi) is 6.71. The van der Waals surface area contributed by atoms with Crippen molar-refractivity contribution < 1.29 is 2.82 Å². The summed E-state index contributed by atoms with van der Waals surface area (Å²) >= 11 is -8.12. The molecule has 0 rings (SSSR count). The molecule has 0 aromatic carbocycles. The van der Waals surface area contributed by atoms with Crippen LogP contribution in [0.2, 0.25) is 29.6 Å². The quantitative estimate of drug-likeness (QED) is 0.500. The van der Waals surface area contributed by atoms with Crippen molar-refractivity contribution in [3.63, 3.8) is 0 Å². The van der Waals surface area contributed by atoms with Gasteiger partial charge in [-0.05, 0) is 0 Å². The predicted molar refractivity (Wildman–Crippen MR) is 66.3 cm³/mol. The Hall–Kier alpha value is 2.90. The zero-order valence-corrected chi connectivity index (χ0v) is 19.1.